The maximum Gasteiger partial charge on any atom is 0.154 e. The fourth-order valence-electron chi connectivity index (χ4n) is 2.84. The van der Waals surface area contributed by atoms with Gasteiger partial charge in [-0.3, -0.25) is 4.79 Å². The Morgan fingerprint density at radius 2 is 1.43 bits per heavy atom. The van der Waals surface area contributed by atoms with Crippen LogP contribution in [0.15, 0.2) is 48.5 Å². The first-order valence-corrected chi connectivity index (χ1v) is 7.56. The van der Waals surface area contributed by atoms with Crippen molar-refractivity contribution in [1.29, 1.82) is 0 Å². The first-order chi connectivity index (χ1) is 11.0. The minimum atomic E-state index is -0.942. The van der Waals surface area contributed by atoms with Gasteiger partial charge in [0.25, 0.3) is 0 Å². The molecule has 0 amide bonds. The van der Waals surface area contributed by atoms with Crippen molar-refractivity contribution in [3.63, 3.8) is 0 Å². The van der Waals surface area contributed by atoms with Gasteiger partial charge in [-0.2, -0.15) is 5.06 Å². The molecule has 2 aromatic carbocycles. The number of Topliss-reactive ketones (excluding diaryl/α,β-unsaturated/α-hetero) is 1. The van der Waals surface area contributed by atoms with Gasteiger partial charge >= 0.3 is 0 Å². The summed E-state index contributed by atoms with van der Waals surface area (Å²) in [5.41, 5.74) is 1.15. The number of halogens is 3. The van der Waals surface area contributed by atoms with E-state index in [0.717, 1.165) is 5.06 Å². The van der Waals surface area contributed by atoms with Crippen molar-refractivity contribution < 1.29 is 18.8 Å². The molecule has 6 heteroatoms. The monoisotopic (exact) mass is 337 g/mol. The van der Waals surface area contributed by atoms with E-state index in [-0.39, 0.29) is 12.2 Å². The smallest absolute Gasteiger partial charge is 0.154 e. The molecule has 0 saturated carbocycles. The van der Waals surface area contributed by atoms with E-state index in [2.05, 4.69) is 0 Å². The molecule has 0 radical (unpaired) electrons. The summed E-state index contributed by atoms with van der Waals surface area (Å²) < 4.78 is 26.2. The van der Waals surface area contributed by atoms with Crippen molar-refractivity contribution in [2.75, 3.05) is 0 Å². The molecule has 3 atom stereocenters. The van der Waals surface area contributed by atoms with Gasteiger partial charge in [-0.25, -0.2) is 8.78 Å². The van der Waals surface area contributed by atoms with Crippen LogP contribution in [-0.2, 0) is 4.79 Å². The van der Waals surface area contributed by atoms with E-state index in [9.17, 15) is 18.8 Å². The normalized spacial score (nSPS) is 25.6. The molecule has 2 aromatic rings. The number of ketones is 1. The van der Waals surface area contributed by atoms with E-state index < -0.39 is 29.1 Å². The molecule has 0 bridgehead atoms. The van der Waals surface area contributed by atoms with Gasteiger partial charge in [0.05, 0.1) is 12.1 Å². The molecule has 0 aliphatic carbocycles. The third-order valence-corrected chi connectivity index (χ3v) is 4.53. The molecule has 3 nitrogen and oxygen atoms in total. The molecule has 3 rings (SSSR count). The average Bonchev–Trinajstić information content (AvgIpc) is 2.54. The van der Waals surface area contributed by atoms with Crippen LogP contribution in [0.4, 0.5) is 8.78 Å². The van der Waals surface area contributed by atoms with Crippen LogP contribution in [0.1, 0.15) is 29.6 Å². The van der Waals surface area contributed by atoms with Crippen molar-refractivity contribution in [2.45, 2.75) is 23.9 Å². The van der Waals surface area contributed by atoms with Gasteiger partial charge in [0.15, 0.2) is 5.78 Å². The number of carbonyl (C=O) groups excluding carboxylic acids is 1. The molecule has 3 unspecified atom stereocenters. The molecular formula is C17H14ClF2NO2. The maximum atomic E-state index is 13.1. The molecular weight excluding hydrogens is 324 g/mol. The first-order valence-electron chi connectivity index (χ1n) is 7.12. The highest BCUT2D eigenvalue weighted by atomic mass is 35.5. The van der Waals surface area contributed by atoms with E-state index in [4.69, 9.17) is 11.6 Å². The number of carbonyl (C=O) groups is 1. The second kappa shape index (κ2) is 6.35. The van der Waals surface area contributed by atoms with Crippen molar-refractivity contribution in [2.24, 2.45) is 0 Å². The Hall–Kier alpha value is -1.82. The lowest BCUT2D eigenvalue weighted by Gasteiger charge is -2.40. The minimum absolute atomic E-state index is 0.0218. The fraction of sp³-hybridized carbons (Fsp3) is 0.235. The lowest BCUT2D eigenvalue weighted by molar-refractivity contribution is -0.184. The van der Waals surface area contributed by atoms with Crippen LogP contribution in [0, 0.1) is 11.6 Å². The Morgan fingerprint density at radius 1 is 0.957 bits per heavy atom. The number of benzene rings is 2. The lowest BCUT2D eigenvalue weighted by Crippen LogP contribution is -2.44. The van der Waals surface area contributed by atoms with Crippen LogP contribution in [0.3, 0.4) is 0 Å². The molecule has 1 aliphatic heterocycles. The SMILES string of the molecule is O=C1CC(c2ccc(F)cc2)N(O)C(c2ccc(F)cc2)C1Cl. The lowest BCUT2D eigenvalue weighted by atomic mass is 9.88. The predicted octanol–water partition coefficient (Wildman–Crippen LogP) is 4.02. The van der Waals surface area contributed by atoms with Crippen molar-refractivity contribution in [3.8, 4) is 0 Å². The summed E-state index contributed by atoms with van der Waals surface area (Å²) >= 11 is 6.18. The average molecular weight is 338 g/mol. The fourth-order valence-corrected chi connectivity index (χ4v) is 3.19. The van der Waals surface area contributed by atoms with E-state index in [1.54, 1.807) is 0 Å². The summed E-state index contributed by atoms with van der Waals surface area (Å²) in [5.74, 6) is -1.03. The van der Waals surface area contributed by atoms with Crippen LogP contribution < -0.4 is 0 Å². The molecule has 0 aromatic heterocycles. The van der Waals surface area contributed by atoms with Gasteiger partial charge in [0.2, 0.25) is 0 Å². The third-order valence-electron chi connectivity index (χ3n) is 4.05. The molecule has 1 fully saturated rings. The summed E-state index contributed by atoms with van der Waals surface area (Å²) in [6.07, 6.45) is 0.0218. The van der Waals surface area contributed by atoms with Crippen LogP contribution in [-0.4, -0.2) is 21.4 Å². The number of hydroxylamine groups is 2. The molecule has 1 saturated heterocycles. The Labute approximate surface area is 137 Å². The maximum absolute atomic E-state index is 13.1. The Kier molecular flexibility index (Phi) is 4.43. The summed E-state index contributed by atoms with van der Waals surface area (Å²) in [7, 11) is 0. The highest BCUT2D eigenvalue weighted by Crippen LogP contribution is 2.41. The number of hydrogen-bond donors (Lipinski definition) is 1. The molecule has 0 spiro atoms. The quantitative estimate of drug-likeness (QED) is 0.841. The predicted molar refractivity (Wildman–Crippen MR) is 81.2 cm³/mol. The zero-order chi connectivity index (χ0) is 16.6. The van der Waals surface area contributed by atoms with Crippen LogP contribution in [0.2, 0.25) is 0 Å². The first kappa shape index (κ1) is 16.1. The van der Waals surface area contributed by atoms with Gasteiger partial charge in [-0.05, 0) is 35.4 Å². The Balaban J connectivity index is 1.96. The van der Waals surface area contributed by atoms with E-state index in [1.807, 2.05) is 0 Å². The molecule has 23 heavy (non-hydrogen) atoms. The largest absolute Gasteiger partial charge is 0.313 e. The van der Waals surface area contributed by atoms with Crippen LogP contribution in [0.25, 0.3) is 0 Å². The topological polar surface area (TPSA) is 40.5 Å². The Morgan fingerprint density at radius 3 is 1.96 bits per heavy atom. The number of alkyl halides is 1. The van der Waals surface area contributed by atoms with Crippen molar-refractivity contribution in [1.82, 2.24) is 5.06 Å². The molecule has 1 aliphatic rings. The second-order valence-electron chi connectivity index (χ2n) is 5.52. The van der Waals surface area contributed by atoms with Crippen LogP contribution in [0.5, 0.6) is 0 Å². The van der Waals surface area contributed by atoms with E-state index >= 15 is 0 Å². The summed E-state index contributed by atoms with van der Waals surface area (Å²) in [5, 5.41) is 10.6. The van der Waals surface area contributed by atoms with E-state index in [0.29, 0.717) is 11.1 Å². The number of hydrogen-bond acceptors (Lipinski definition) is 3. The second-order valence-corrected chi connectivity index (χ2v) is 5.99. The van der Waals surface area contributed by atoms with Crippen molar-refractivity contribution >= 4 is 17.4 Å². The van der Waals surface area contributed by atoms with Gasteiger partial charge < -0.3 is 5.21 Å². The van der Waals surface area contributed by atoms with E-state index in [1.165, 1.54) is 48.5 Å². The number of rotatable bonds is 2. The van der Waals surface area contributed by atoms with Crippen LogP contribution >= 0.6 is 11.6 Å². The molecule has 120 valence electrons. The minimum Gasteiger partial charge on any atom is -0.313 e. The van der Waals surface area contributed by atoms with Crippen molar-refractivity contribution in [3.05, 3.63) is 71.3 Å². The third kappa shape index (κ3) is 3.13. The van der Waals surface area contributed by atoms with Gasteiger partial charge in [0.1, 0.15) is 17.0 Å². The highest BCUT2D eigenvalue weighted by Gasteiger charge is 2.42. The molecule has 1 N–H and O–H groups in total. The summed E-state index contributed by atoms with van der Waals surface area (Å²) in [6, 6.07) is 9.62. The Bertz CT molecular complexity index is 706. The molecule has 1 heterocycles. The summed E-state index contributed by atoms with van der Waals surface area (Å²) in [6.45, 7) is 0. The highest BCUT2D eigenvalue weighted by molar-refractivity contribution is 6.32. The van der Waals surface area contributed by atoms with Gasteiger partial charge in [-0.15, -0.1) is 11.6 Å². The number of piperidine rings is 1. The zero-order valence-electron chi connectivity index (χ0n) is 12.0. The summed E-state index contributed by atoms with van der Waals surface area (Å²) in [4.78, 5) is 12.2. The number of nitrogens with zero attached hydrogens (tertiary/aromatic N) is 1. The van der Waals surface area contributed by atoms with Gasteiger partial charge in [0, 0.05) is 6.42 Å². The van der Waals surface area contributed by atoms with Gasteiger partial charge in [-0.1, -0.05) is 24.3 Å². The zero-order valence-corrected chi connectivity index (χ0v) is 12.8. The standard InChI is InChI=1S/C17H14ClF2NO2/c18-16-15(22)9-14(10-1-5-12(19)6-2-10)21(23)17(16)11-3-7-13(20)8-4-11/h1-8,14,16-17,23H,9H2.